The molecule has 0 aliphatic rings. The fourth-order valence-corrected chi connectivity index (χ4v) is 3.43. The van der Waals surface area contributed by atoms with Gasteiger partial charge in [-0.1, -0.05) is 30.3 Å². The molecule has 1 heterocycles. The number of nitrogens with one attached hydrogen (secondary N) is 1. The van der Waals surface area contributed by atoms with Crippen LogP contribution < -0.4 is 20.8 Å². The van der Waals surface area contributed by atoms with Crippen molar-refractivity contribution in [1.29, 1.82) is 0 Å². The van der Waals surface area contributed by atoms with Crippen molar-refractivity contribution in [1.82, 2.24) is 5.32 Å². The summed E-state index contributed by atoms with van der Waals surface area (Å²) in [5, 5.41) is 14.2. The minimum Gasteiger partial charge on any atom is -0.548 e. The third-order valence-corrected chi connectivity index (χ3v) is 5.05. The molecule has 0 aliphatic carbocycles. The van der Waals surface area contributed by atoms with Gasteiger partial charge in [-0.15, -0.1) is 0 Å². The highest BCUT2D eigenvalue weighted by atomic mass is 32.2. The van der Waals surface area contributed by atoms with Crippen LogP contribution in [0.15, 0.2) is 63.8 Å². The molecule has 2 aromatic carbocycles. The number of carbonyl (C=O) groups is 2. The molecular formula is C22H20NO6S-. The number of fused-ring (bicyclic) bond motifs is 1. The summed E-state index contributed by atoms with van der Waals surface area (Å²) in [4.78, 5) is 35.2. The van der Waals surface area contributed by atoms with E-state index in [0.29, 0.717) is 17.1 Å². The van der Waals surface area contributed by atoms with Crippen LogP contribution in [-0.2, 0) is 9.59 Å². The molecule has 0 spiro atoms. The molecule has 0 aliphatic heterocycles. The molecular weight excluding hydrogens is 406 g/mol. The molecule has 30 heavy (non-hydrogen) atoms. The number of aliphatic carboxylic acids is 1. The number of carboxylic acid groups (broad SMARTS) is 1. The van der Waals surface area contributed by atoms with Gasteiger partial charge in [-0.05, 0) is 41.7 Å². The summed E-state index contributed by atoms with van der Waals surface area (Å²) in [5.74, 6) is -1.02. The van der Waals surface area contributed by atoms with E-state index in [0.717, 1.165) is 16.5 Å². The van der Waals surface area contributed by atoms with Crippen LogP contribution in [0.3, 0.4) is 0 Å². The van der Waals surface area contributed by atoms with E-state index >= 15 is 0 Å². The molecule has 1 atom stereocenters. The summed E-state index contributed by atoms with van der Waals surface area (Å²) in [6.07, 6.45) is 2.11. The number of hydrogen-bond acceptors (Lipinski definition) is 7. The SMILES string of the molecule is CSCC[C@H](NC(=O)COc1ccc2c(-c3ccccc3)cc(=O)oc2c1)C(=O)[O-]. The van der Waals surface area contributed by atoms with Gasteiger partial charge >= 0.3 is 5.63 Å². The van der Waals surface area contributed by atoms with Crippen molar-refractivity contribution >= 4 is 34.6 Å². The minimum atomic E-state index is -1.33. The lowest BCUT2D eigenvalue weighted by Crippen LogP contribution is -2.49. The summed E-state index contributed by atoms with van der Waals surface area (Å²) >= 11 is 1.48. The number of carboxylic acids is 1. The maximum absolute atomic E-state index is 12.0. The molecule has 156 valence electrons. The lowest BCUT2D eigenvalue weighted by molar-refractivity contribution is -0.308. The molecule has 0 saturated carbocycles. The molecule has 8 heteroatoms. The van der Waals surface area contributed by atoms with Gasteiger partial charge in [0, 0.05) is 17.5 Å². The van der Waals surface area contributed by atoms with Gasteiger partial charge in [0.1, 0.15) is 11.3 Å². The van der Waals surface area contributed by atoms with E-state index in [2.05, 4.69) is 5.32 Å². The molecule has 7 nitrogen and oxygen atoms in total. The van der Waals surface area contributed by atoms with Crippen molar-refractivity contribution < 1.29 is 23.8 Å². The van der Waals surface area contributed by atoms with Gasteiger partial charge in [-0.25, -0.2) is 4.79 Å². The van der Waals surface area contributed by atoms with Crippen LogP contribution in [0.2, 0.25) is 0 Å². The Hall–Kier alpha value is -3.26. The van der Waals surface area contributed by atoms with E-state index < -0.39 is 23.5 Å². The van der Waals surface area contributed by atoms with Crippen molar-refractivity contribution in [2.45, 2.75) is 12.5 Å². The third-order valence-electron chi connectivity index (χ3n) is 4.40. The fraction of sp³-hybridized carbons (Fsp3) is 0.227. The van der Waals surface area contributed by atoms with Gasteiger partial charge in [-0.3, -0.25) is 4.79 Å². The summed E-state index contributed by atoms with van der Waals surface area (Å²) in [5.41, 5.74) is 1.44. The van der Waals surface area contributed by atoms with E-state index in [4.69, 9.17) is 9.15 Å². The second kappa shape index (κ2) is 9.98. The van der Waals surface area contributed by atoms with Crippen LogP contribution in [0, 0.1) is 0 Å². The molecule has 1 aromatic heterocycles. The predicted octanol–water partition coefficient (Wildman–Crippen LogP) is 1.83. The van der Waals surface area contributed by atoms with Gasteiger partial charge < -0.3 is 24.4 Å². The Balaban J connectivity index is 1.74. The maximum Gasteiger partial charge on any atom is 0.336 e. The minimum absolute atomic E-state index is 0.263. The third kappa shape index (κ3) is 5.42. The van der Waals surface area contributed by atoms with E-state index in [1.807, 2.05) is 36.6 Å². The summed E-state index contributed by atoms with van der Waals surface area (Å²) in [6.45, 7) is -0.378. The Labute approximate surface area is 177 Å². The predicted molar refractivity (Wildman–Crippen MR) is 113 cm³/mol. The molecule has 3 rings (SSSR count). The average molecular weight is 426 g/mol. The van der Waals surface area contributed by atoms with E-state index in [-0.39, 0.29) is 13.0 Å². The second-order valence-electron chi connectivity index (χ2n) is 6.51. The normalized spacial score (nSPS) is 11.8. The number of ether oxygens (including phenoxy) is 1. The van der Waals surface area contributed by atoms with Crippen LogP contribution in [0.25, 0.3) is 22.1 Å². The Morgan fingerprint density at radius 3 is 2.63 bits per heavy atom. The molecule has 0 radical (unpaired) electrons. The smallest absolute Gasteiger partial charge is 0.336 e. The number of hydrogen-bond donors (Lipinski definition) is 1. The molecule has 1 N–H and O–H groups in total. The fourth-order valence-electron chi connectivity index (χ4n) is 2.96. The van der Waals surface area contributed by atoms with Gasteiger partial charge in [0.05, 0.1) is 12.0 Å². The van der Waals surface area contributed by atoms with Crippen molar-refractivity contribution in [2.75, 3.05) is 18.6 Å². The standard InChI is InChI=1S/C22H21NO6S/c1-30-10-9-18(22(26)27)23-20(24)13-28-15-7-8-16-17(14-5-3-2-4-6-14)12-21(25)29-19(16)11-15/h2-8,11-12,18H,9-10,13H2,1H3,(H,23,24)(H,26,27)/p-1/t18-/m0/s1. The zero-order valence-corrected chi connectivity index (χ0v) is 17.1. The quantitative estimate of drug-likeness (QED) is 0.520. The number of amides is 1. The lowest BCUT2D eigenvalue weighted by atomic mass is 10.0. The monoisotopic (exact) mass is 426 g/mol. The summed E-state index contributed by atoms with van der Waals surface area (Å²) in [6, 6.07) is 14.7. The van der Waals surface area contributed by atoms with Crippen LogP contribution >= 0.6 is 11.8 Å². The first-order valence-electron chi connectivity index (χ1n) is 9.23. The molecule has 1 amide bonds. The largest absolute Gasteiger partial charge is 0.548 e. The molecule has 0 saturated heterocycles. The van der Waals surface area contributed by atoms with Crippen LogP contribution in [0.5, 0.6) is 5.75 Å². The molecule has 0 fully saturated rings. The molecule has 0 bridgehead atoms. The van der Waals surface area contributed by atoms with Crippen molar-refractivity contribution in [3.63, 3.8) is 0 Å². The highest BCUT2D eigenvalue weighted by Gasteiger charge is 2.14. The second-order valence-corrected chi connectivity index (χ2v) is 7.50. The van der Waals surface area contributed by atoms with Gasteiger partial charge in [0.2, 0.25) is 0 Å². The highest BCUT2D eigenvalue weighted by molar-refractivity contribution is 7.98. The van der Waals surface area contributed by atoms with E-state index in [1.165, 1.54) is 23.9 Å². The van der Waals surface area contributed by atoms with E-state index in [9.17, 15) is 19.5 Å². The zero-order valence-electron chi connectivity index (χ0n) is 16.3. The Morgan fingerprint density at radius 1 is 1.17 bits per heavy atom. The Morgan fingerprint density at radius 2 is 1.93 bits per heavy atom. The number of thioether (sulfide) groups is 1. The summed E-state index contributed by atoms with van der Waals surface area (Å²) < 4.78 is 10.7. The van der Waals surface area contributed by atoms with Crippen LogP contribution in [0.1, 0.15) is 6.42 Å². The van der Waals surface area contributed by atoms with Crippen molar-refractivity contribution in [2.24, 2.45) is 0 Å². The van der Waals surface area contributed by atoms with Gasteiger partial charge in [0.25, 0.3) is 5.91 Å². The van der Waals surface area contributed by atoms with Crippen molar-refractivity contribution in [3.8, 4) is 16.9 Å². The zero-order chi connectivity index (χ0) is 21.5. The number of carbonyl (C=O) groups excluding carboxylic acids is 2. The maximum atomic E-state index is 12.0. The Kier molecular flexibility index (Phi) is 7.13. The number of rotatable bonds is 9. The average Bonchev–Trinajstić information content (AvgIpc) is 2.74. The lowest BCUT2D eigenvalue weighted by Gasteiger charge is -2.19. The summed E-state index contributed by atoms with van der Waals surface area (Å²) in [7, 11) is 0. The Bertz CT molecular complexity index is 1100. The van der Waals surface area contributed by atoms with Crippen LogP contribution in [-0.4, -0.2) is 36.5 Å². The molecule has 0 unspecified atom stereocenters. The topological polar surface area (TPSA) is 109 Å². The van der Waals surface area contributed by atoms with Crippen LogP contribution in [0.4, 0.5) is 0 Å². The van der Waals surface area contributed by atoms with E-state index in [1.54, 1.807) is 12.1 Å². The first kappa shape index (κ1) is 21.4. The first-order chi connectivity index (χ1) is 14.5. The highest BCUT2D eigenvalue weighted by Crippen LogP contribution is 2.29. The number of benzene rings is 2. The van der Waals surface area contributed by atoms with Crippen molar-refractivity contribution in [3.05, 3.63) is 65.0 Å². The van der Waals surface area contributed by atoms with Gasteiger partial charge in [-0.2, -0.15) is 11.8 Å². The van der Waals surface area contributed by atoms with Gasteiger partial charge in [0.15, 0.2) is 6.61 Å². The first-order valence-corrected chi connectivity index (χ1v) is 10.6. The molecule has 3 aromatic rings.